The number of nitrogens with zero attached hydrogens (tertiary/aromatic N) is 7. The van der Waals surface area contributed by atoms with E-state index in [0.29, 0.717) is 46.1 Å². The second-order valence-electron chi connectivity index (χ2n) is 8.31. The molecule has 3 heterocycles. The van der Waals surface area contributed by atoms with Gasteiger partial charge < -0.3 is 9.32 Å². The fourth-order valence-corrected chi connectivity index (χ4v) is 4.58. The number of amides is 1. The summed E-state index contributed by atoms with van der Waals surface area (Å²) in [6.45, 7) is 4.23. The minimum atomic E-state index is 0.0577. The van der Waals surface area contributed by atoms with E-state index in [1.54, 1.807) is 10.6 Å². The lowest BCUT2D eigenvalue weighted by atomic mass is 10.1. The molecule has 9 nitrogen and oxygen atoms in total. The molecule has 11 heteroatoms. The molecule has 1 aromatic carbocycles. The smallest absolute Gasteiger partial charge is 0.253 e. The standard InChI is InChI=1S/C23H24ClN7O2S/c1-13-16(14(2)31-22(25-13)26-23(29-31)34-3)10-11-20(32)30(15-8-9-15)12-19-27-28-21(33-19)17-6-4-5-7-18(17)24/h4-7,15H,8-12H2,1-3H3. The Labute approximate surface area is 205 Å². The Morgan fingerprint density at radius 3 is 2.76 bits per heavy atom. The third-order valence-electron chi connectivity index (χ3n) is 5.99. The lowest BCUT2D eigenvalue weighted by molar-refractivity contribution is -0.132. The molecule has 0 spiro atoms. The van der Waals surface area contributed by atoms with Gasteiger partial charge >= 0.3 is 0 Å². The maximum absolute atomic E-state index is 13.2. The molecule has 1 amide bonds. The van der Waals surface area contributed by atoms with Gasteiger partial charge in [0.1, 0.15) is 0 Å². The van der Waals surface area contributed by atoms with Crippen molar-refractivity contribution >= 4 is 35.0 Å². The van der Waals surface area contributed by atoms with Crippen LogP contribution in [0.2, 0.25) is 5.02 Å². The van der Waals surface area contributed by atoms with Crippen molar-refractivity contribution in [1.29, 1.82) is 0 Å². The molecule has 1 fully saturated rings. The molecule has 0 N–H and O–H groups in total. The summed E-state index contributed by atoms with van der Waals surface area (Å²) in [5.74, 6) is 1.40. The highest BCUT2D eigenvalue weighted by atomic mass is 35.5. The zero-order valence-corrected chi connectivity index (χ0v) is 20.7. The van der Waals surface area contributed by atoms with E-state index in [2.05, 4.69) is 25.3 Å². The summed E-state index contributed by atoms with van der Waals surface area (Å²) in [4.78, 5) is 24.1. The third kappa shape index (κ3) is 4.52. The Morgan fingerprint density at radius 2 is 2.03 bits per heavy atom. The topological polar surface area (TPSA) is 102 Å². The zero-order valence-electron chi connectivity index (χ0n) is 19.2. The molecule has 1 aliphatic rings. The maximum atomic E-state index is 13.2. The van der Waals surface area contributed by atoms with Crippen molar-refractivity contribution in [2.24, 2.45) is 0 Å². The highest BCUT2D eigenvalue weighted by Gasteiger charge is 2.33. The SMILES string of the molecule is CSc1nc2nc(C)c(CCC(=O)N(Cc3nnc(-c4ccccc4Cl)o3)C3CC3)c(C)n2n1. The normalized spacial score (nSPS) is 13.5. The molecule has 0 atom stereocenters. The molecule has 0 bridgehead atoms. The van der Waals surface area contributed by atoms with Crippen LogP contribution in [0.3, 0.4) is 0 Å². The molecular formula is C23H24ClN7O2S. The van der Waals surface area contributed by atoms with E-state index >= 15 is 0 Å². The van der Waals surface area contributed by atoms with Gasteiger partial charge in [-0.25, -0.2) is 9.50 Å². The average molecular weight is 498 g/mol. The van der Waals surface area contributed by atoms with E-state index in [0.717, 1.165) is 29.8 Å². The lowest BCUT2D eigenvalue weighted by Crippen LogP contribution is -2.33. The van der Waals surface area contributed by atoms with Gasteiger partial charge in [-0.2, -0.15) is 4.98 Å². The van der Waals surface area contributed by atoms with E-state index in [4.69, 9.17) is 16.0 Å². The Balaban J connectivity index is 1.30. The molecular weight excluding hydrogens is 474 g/mol. The molecule has 0 unspecified atom stereocenters. The highest BCUT2D eigenvalue weighted by Crippen LogP contribution is 2.31. The van der Waals surface area contributed by atoms with Gasteiger partial charge in [-0.05, 0) is 57.1 Å². The van der Waals surface area contributed by atoms with Crippen LogP contribution in [0.5, 0.6) is 0 Å². The number of thioether (sulfide) groups is 1. The fourth-order valence-electron chi connectivity index (χ4n) is 4.03. The predicted molar refractivity (Wildman–Crippen MR) is 129 cm³/mol. The Hall–Kier alpha value is -2.98. The summed E-state index contributed by atoms with van der Waals surface area (Å²) in [6, 6.07) is 7.53. The molecule has 1 aliphatic carbocycles. The third-order valence-corrected chi connectivity index (χ3v) is 6.85. The number of carbonyl (C=O) groups excluding carboxylic acids is 1. The molecule has 1 saturated carbocycles. The summed E-state index contributed by atoms with van der Waals surface area (Å²) in [7, 11) is 0. The lowest BCUT2D eigenvalue weighted by Gasteiger charge is -2.21. The number of fused-ring (bicyclic) bond motifs is 1. The molecule has 176 valence electrons. The maximum Gasteiger partial charge on any atom is 0.253 e. The highest BCUT2D eigenvalue weighted by molar-refractivity contribution is 7.98. The molecule has 4 aromatic rings. The van der Waals surface area contributed by atoms with Crippen LogP contribution in [0.4, 0.5) is 0 Å². The summed E-state index contributed by atoms with van der Waals surface area (Å²) in [5, 5.41) is 14.0. The summed E-state index contributed by atoms with van der Waals surface area (Å²) in [5.41, 5.74) is 3.53. The first-order chi connectivity index (χ1) is 16.4. The van der Waals surface area contributed by atoms with Crippen molar-refractivity contribution in [3.05, 3.63) is 52.1 Å². The first-order valence-electron chi connectivity index (χ1n) is 11.1. The second kappa shape index (κ2) is 9.34. The minimum absolute atomic E-state index is 0.0577. The van der Waals surface area contributed by atoms with Gasteiger partial charge in [0.05, 0.1) is 17.1 Å². The van der Waals surface area contributed by atoms with Crippen molar-refractivity contribution in [3.8, 4) is 11.5 Å². The van der Waals surface area contributed by atoms with E-state index in [1.165, 1.54) is 11.8 Å². The van der Waals surface area contributed by atoms with Gasteiger partial charge in [0.15, 0.2) is 0 Å². The quantitative estimate of drug-likeness (QED) is 0.332. The molecule has 3 aromatic heterocycles. The Bertz CT molecular complexity index is 1360. The van der Waals surface area contributed by atoms with Crippen LogP contribution in [-0.4, -0.2) is 52.9 Å². The molecule has 0 radical (unpaired) electrons. The van der Waals surface area contributed by atoms with E-state index in [-0.39, 0.29) is 18.5 Å². The van der Waals surface area contributed by atoms with E-state index < -0.39 is 0 Å². The first kappa shape index (κ1) is 22.8. The van der Waals surface area contributed by atoms with Gasteiger partial charge in [-0.3, -0.25) is 4.79 Å². The number of halogens is 1. The van der Waals surface area contributed by atoms with Gasteiger partial charge in [-0.1, -0.05) is 35.5 Å². The van der Waals surface area contributed by atoms with Gasteiger partial charge in [-0.15, -0.1) is 15.3 Å². The molecule has 0 aliphatic heterocycles. The van der Waals surface area contributed by atoms with Crippen LogP contribution in [0.1, 0.15) is 42.1 Å². The zero-order chi connectivity index (χ0) is 23.8. The van der Waals surface area contributed by atoms with Crippen molar-refractivity contribution in [2.75, 3.05) is 6.26 Å². The van der Waals surface area contributed by atoms with Gasteiger partial charge in [0, 0.05) is 23.9 Å². The van der Waals surface area contributed by atoms with Gasteiger partial charge in [0.2, 0.25) is 22.8 Å². The summed E-state index contributed by atoms with van der Waals surface area (Å²) in [6.07, 6.45) is 4.84. The molecule has 0 saturated heterocycles. The predicted octanol–water partition coefficient (Wildman–Crippen LogP) is 4.29. The van der Waals surface area contributed by atoms with E-state index in [1.807, 2.05) is 43.2 Å². The summed E-state index contributed by atoms with van der Waals surface area (Å²) < 4.78 is 7.60. The average Bonchev–Trinajstić information content (AvgIpc) is 3.41. The van der Waals surface area contributed by atoms with E-state index in [9.17, 15) is 4.79 Å². The number of hydrogen-bond donors (Lipinski definition) is 0. The van der Waals surface area contributed by atoms with Crippen molar-refractivity contribution < 1.29 is 9.21 Å². The molecule has 34 heavy (non-hydrogen) atoms. The van der Waals surface area contributed by atoms with Crippen LogP contribution < -0.4 is 0 Å². The number of aromatic nitrogens is 6. The van der Waals surface area contributed by atoms with Gasteiger partial charge in [0.25, 0.3) is 5.78 Å². The number of carbonyl (C=O) groups is 1. The monoisotopic (exact) mass is 497 g/mol. The van der Waals surface area contributed by atoms with Crippen LogP contribution in [0.25, 0.3) is 17.2 Å². The van der Waals surface area contributed by atoms with Crippen LogP contribution in [0.15, 0.2) is 33.8 Å². The largest absolute Gasteiger partial charge is 0.419 e. The number of aryl methyl sites for hydroxylation is 2. The van der Waals surface area contributed by atoms with Crippen LogP contribution in [0, 0.1) is 13.8 Å². The van der Waals surface area contributed by atoms with Crippen molar-refractivity contribution in [2.45, 2.75) is 57.3 Å². The molecule has 5 rings (SSSR count). The van der Waals surface area contributed by atoms with Crippen molar-refractivity contribution in [3.63, 3.8) is 0 Å². The number of rotatable bonds is 8. The fraction of sp³-hybridized carbons (Fsp3) is 0.391. The minimum Gasteiger partial charge on any atom is -0.419 e. The van der Waals surface area contributed by atoms with Crippen LogP contribution >= 0.6 is 23.4 Å². The van der Waals surface area contributed by atoms with Crippen LogP contribution in [-0.2, 0) is 17.8 Å². The second-order valence-corrected chi connectivity index (χ2v) is 9.49. The Morgan fingerprint density at radius 1 is 1.24 bits per heavy atom. The Kier molecular flexibility index (Phi) is 6.26. The first-order valence-corrected chi connectivity index (χ1v) is 12.7. The number of benzene rings is 1. The van der Waals surface area contributed by atoms with Crippen molar-refractivity contribution in [1.82, 2.24) is 34.7 Å². The summed E-state index contributed by atoms with van der Waals surface area (Å²) >= 11 is 7.72. The number of hydrogen-bond acceptors (Lipinski definition) is 8.